The number of aromatic nitrogens is 1. The average Bonchev–Trinajstić information content (AvgIpc) is 2.47. The van der Waals surface area contributed by atoms with Crippen LogP contribution in [0.5, 0.6) is 0 Å². The molecule has 0 bridgehead atoms. The normalized spacial score (nSPS) is 11.2. The van der Waals surface area contributed by atoms with Gasteiger partial charge < -0.3 is 0 Å². The molecule has 0 aliphatic carbocycles. The summed E-state index contributed by atoms with van der Waals surface area (Å²) in [5.41, 5.74) is 0. The van der Waals surface area contributed by atoms with Crippen LogP contribution in [0.15, 0.2) is 23.8 Å². The van der Waals surface area contributed by atoms with Crippen molar-refractivity contribution in [1.29, 1.82) is 0 Å². The van der Waals surface area contributed by atoms with Crippen LogP contribution in [-0.2, 0) is 0 Å². The van der Waals surface area contributed by atoms with E-state index in [0.717, 1.165) is 0 Å². The molecule has 2 aromatic rings. The van der Waals surface area contributed by atoms with Crippen LogP contribution in [0.2, 0.25) is 0 Å². The maximum absolute atomic E-state index is 4.13. The van der Waals surface area contributed by atoms with Crippen LogP contribution in [0.4, 0.5) is 0 Å². The van der Waals surface area contributed by atoms with Crippen molar-refractivity contribution in [2.24, 2.45) is 0 Å². The smallest absolute Gasteiger partial charge is 0.0357 e. The van der Waals surface area contributed by atoms with Gasteiger partial charge in [-0.15, -0.1) is 11.3 Å². The molecule has 2 heterocycles. The van der Waals surface area contributed by atoms with Crippen molar-refractivity contribution in [3.8, 4) is 0 Å². The number of rotatable bonds is 1. The fraction of sp³-hybridized carbons (Fsp3) is 0.300. The summed E-state index contributed by atoms with van der Waals surface area (Å²) < 4.78 is 0. The fourth-order valence-electron chi connectivity index (χ4n) is 1.35. The molecular formula is C10H11NS. The zero-order valence-corrected chi connectivity index (χ0v) is 8.06. The monoisotopic (exact) mass is 177 g/mol. The summed E-state index contributed by atoms with van der Waals surface area (Å²) in [7, 11) is 0. The van der Waals surface area contributed by atoms with Crippen LogP contribution in [0.1, 0.15) is 24.6 Å². The van der Waals surface area contributed by atoms with Gasteiger partial charge in [-0.25, -0.2) is 0 Å². The van der Waals surface area contributed by atoms with Crippen LogP contribution in [0.25, 0.3) is 10.8 Å². The van der Waals surface area contributed by atoms with Crippen molar-refractivity contribution < 1.29 is 0 Å². The molecule has 0 saturated heterocycles. The molecule has 0 aliphatic heterocycles. The minimum absolute atomic E-state index is 0.608. The average molecular weight is 177 g/mol. The molecule has 0 aliphatic rings. The van der Waals surface area contributed by atoms with Gasteiger partial charge in [-0.1, -0.05) is 13.8 Å². The Balaban J connectivity index is 2.70. The maximum atomic E-state index is 4.13. The molecule has 0 fully saturated rings. The first-order valence-electron chi connectivity index (χ1n) is 4.10. The molecule has 2 aromatic heterocycles. The largest absolute Gasteiger partial charge is 0.264 e. The third-order valence-electron chi connectivity index (χ3n) is 1.96. The van der Waals surface area contributed by atoms with E-state index in [2.05, 4.69) is 30.3 Å². The van der Waals surface area contributed by atoms with Crippen molar-refractivity contribution in [3.05, 3.63) is 28.7 Å². The van der Waals surface area contributed by atoms with Crippen molar-refractivity contribution in [2.75, 3.05) is 0 Å². The highest BCUT2D eigenvalue weighted by Gasteiger charge is 2.06. The van der Waals surface area contributed by atoms with Gasteiger partial charge in [0.05, 0.1) is 0 Å². The molecule has 0 spiro atoms. The predicted octanol–water partition coefficient (Wildman–Crippen LogP) is 3.42. The Bertz CT molecular complexity index is 389. The summed E-state index contributed by atoms with van der Waals surface area (Å²) in [6, 6.07) is 2.07. The molecule has 62 valence electrons. The Kier molecular flexibility index (Phi) is 1.85. The molecule has 0 amide bonds. The van der Waals surface area contributed by atoms with Gasteiger partial charge in [0.1, 0.15) is 0 Å². The molecule has 12 heavy (non-hydrogen) atoms. The first-order valence-corrected chi connectivity index (χ1v) is 4.98. The third kappa shape index (κ3) is 1.12. The summed E-state index contributed by atoms with van der Waals surface area (Å²) in [5.74, 6) is 0.608. The van der Waals surface area contributed by atoms with Crippen LogP contribution >= 0.6 is 11.3 Å². The standard InChI is InChI=1S/C10H11NS/c1-7(2)10-9-5-11-4-3-8(9)6-12-10/h3-7H,1-2H3. The van der Waals surface area contributed by atoms with Gasteiger partial charge in [0, 0.05) is 22.7 Å². The zero-order valence-electron chi connectivity index (χ0n) is 7.24. The Hall–Kier alpha value is -0.890. The van der Waals surface area contributed by atoms with E-state index in [1.807, 2.05) is 23.7 Å². The van der Waals surface area contributed by atoms with E-state index in [1.54, 1.807) is 0 Å². The van der Waals surface area contributed by atoms with Gasteiger partial charge >= 0.3 is 0 Å². The molecule has 0 N–H and O–H groups in total. The van der Waals surface area contributed by atoms with Crippen molar-refractivity contribution in [1.82, 2.24) is 4.98 Å². The highest BCUT2D eigenvalue weighted by Crippen LogP contribution is 2.30. The fourth-order valence-corrected chi connectivity index (χ4v) is 2.38. The topological polar surface area (TPSA) is 12.9 Å². The highest BCUT2D eigenvalue weighted by atomic mass is 32.1. The van der Waals surface area contributed by atoms with Gasteiger partial charge in [0.25, 0.3) is 0 Å². The van der Waals surface area contributed by atoms with Gasteiger partial charge in [0.2, 0.25) is 0 Å². The maximum Gasteiger partial charge on any atom is 0.0357 e. The Labute approximate surface area is 76.1 Å². The molecule has 0 saturated carbocycles. The predicted molar refractivity (Wildman–Crippen MR) is 53.7 cm³/mol. The van der Waals surface area contributed by atoms with E-state index in [9.17, 15) is 0 Å². The summed E-state index contributed by atoms with van der Waals surface area (Å²) in [6.07, 6.45) is 3.81. The van der Waals surface area contributed by atoms with Crippen molar-refractivity contribution in [2.45, 2.75) is 19.8 Å². The molecular weight excluding hydrogens is 166 g/mol. The highest BCUT2D eigenvalue weighted by molar-refractivity contribution is 7.11. The number of fused-ring (bicyclic) bond motifs is 1. The lowest BCUT2D eigenvalue weighted by atomic mass is 10.1. The quantitative estimate of drug-likeness (QED) is 0.650. The molecule has 0 unspecified atom stereocenters. The lowest BCUT2D eigenvalue weighted by Crippen LogP contribution is -1.81. The summed E-state index contributed by atoms with van der Waals surface area (Å²) in [5, 5.41) is 4.84. The number of hydrogen-bond acceptors (Lipinski definition) is 2. The number of nitrogens with zero attached hydrogens (tertiary/aromatic N) is 1. The van der Waals surface area contributed by atoms with Crippen molar-refractivity contribution >= 4 is 22.1 Å². The molecule has 2 heteroatoms. The van der Waals surface area contributed by atoms with E-state index in [1.165, 1.54) is 15.6 Å². The second-order valence-electron chi connectivity index (χ2n) is 3.22. The number of thiophene rings is 1. The molecule has 1 nitrogen and oxygen atoms in total. The summed E-state index contributed by atoms with van der Waals surface area (Å²) in [4.78, 5) is 5.58. The van der Waals surface area contributed by atoms with E-state index in [4.69, 9.17) is 0 Å². The number of pyridine rings is 1. The van der Waals surface area contributed by atoms with Crippen LogP contribution in [0, 0.1) is 0 Å². The van der Waals surface area contributed by atoms with E-state index in [0.29, 0.717) is 5.92 Å². The Morgan fingerprint density at radius 1 is 1.42 bits per heavy atom. The third-order valence-corrected chi connectivity index (χ3v) is 3.27. The number of hydrogen-bond donors (Lipinski definition) is 0. The second kappa shape index (κ2) is 2.87. The van der Waals surface area contributed by atoms with Crippen molar-refractivity contribution in [3.63, 3.8) is 0 Å². The first kappa shape index (κ1) is 7.74. The molecule has 0 aromatic carbocycles. The van der Waals surface area contributed by atoms with Crippen LogP contribution in [0.3, 0.4) is 0 Å². The van der Waals surface area contributed by atoms with Crippen LogP contribution < -0.4 is 0 Å². The Morgan fingerprint density at radius 3 is 3.00 bits per heavy atom. The van der Waals surface area contributed by atoms with E-state index < -0.39 is 0 Å². The Morgan fingerprint density at radius 2 is 2.25 bits per heavy atom. The minimum atomic E-state index is 0.608. The summed E-state index contributed by atoms with van der Waals surface area (Å²) in [6.45, 7) is 4.44. The molecule has 0 radical (unpaired) electrons. The van der Waals surface area contributed by atoms with E-state index in [-0.39, 0.29) is 0 Å². The van der Waals surface area contributed by atoms with Gasteiger partial charge in [-0.05, 0) is 22.8 Å². The van der Waals surface area contributed by atoms with Crippen LogP contribution in [-0.4, -0.2) is 4.98 Å². The lowest BCUT2D eigenvalue weighted by molar-refractivity contribution is 0.897. The van der Waals surface area contributed by atoms with Gasteiger partial charge in [-0.2, -0.15) is 0 Å². The molecule has 0 atom stereocenters. The van der Waals surface area contributed by atoms with Gasteiger partial charge in [-0.3, -0.25) is 4.98 Å². The second-order valence-corrected chi connectivity index (χ2v) is 4.13. The SMILES string of the molecule is CC(C)c1scc2ccncc12. The van der Waals surface area contributed by atoms with Gasteiger partial charge in [0.15, 0.2) is 0 Å². The first-order chi connectivity index (χ1) is 5.79. The minimum Gasteiger partial charge on any atom is -0.264 e. The summed E-state index contributed by atoms with van der Waals surface area (Å²) >= 11 is 1.83. The van der Waals surface area contributed by atoms with E-state index >= 15 is 0 Å². The molecule has 2 rings (SSSR count). The lowest BCUT2D eigenvalue weighted by Gasteiger charge is -2.00. The zero-order chi connectivity index (χ0) is 8.55.